The summed E-state index contributed by atoms with van der Waals surface area (Å²) >= 11 is 0. The highest BCUT2D eigenvalue weighted by Gasteiger charge is 2.29. The Balaban J connectivity index is 1.97. The maximum Gasteiger partial charge on any atom is 0.389 e. The molecule has 0 radical (unpaired) electrons. The lowest BCUT2D eigenvalue weighted by Crippen LogP contribution is -2.19. The molecule has 2 rings (SSSR count). The fourth-order valence-electron chi connectivity index (χ4n) is 2.73. The van der Waals surface area contributed by atoms with Crippen molar-refractivity contribution in [3.8, 4) is 0 Å². The van der Waals surface area contributed by atoms with Crippen molar-refractivity contribution in [2.45, 2.75) is 50.6 Å². The Bertz CT molecular complexity index is 451. The zero-order valence-electron chi connectivity index (χ0n) is 10.7. The van der Waals surface area contributed by atoms with E-state index in [1.165, 1.54) is 5.56 Å². The number of carbonyl (C=O) groups is 1. The van der Waals surface area contributed by atoms with Gasteiger partial charge in [0, 0.05) is 18.8 Å². The fraction of sp³-hybridized carbons (Fsp3) is 0.533. The number of hydrogen-bond acceptors (Lipinski definition) is 1. The highest BCUT2D eigenvalue weighted by atomic mass is 19.4. The number of fused-ring (bicyclic) bond motifs is 1. The van der Waals surface area contributed by atoms with Crippen LogP contribution in [0.4, 0.5) is 13.2 Å². The van der Waals surface area contributed by atoms with Gasteiger partial charge < -0.3 is 0 Å². The number of halogens is 3. The normalized spacial score (nSPS) is 19.0. The van der Waals surface area contributed by atoms with E-state index in [0.717, 1.165) is 24.8 Å². The van der Waals surface area contributed by atoms with Crippen LogP contribution in [0, 0.1) is 0 Å². The highest BCUT2D eigenvalue weighted by molar-refractivity contribution is 5.86. The Hall–Kier alpha value is -1.32. The highest BCUT2D eigenvalue weighted by Crippen LogP contribution is 2.33. The lowest BCUT2D eigenvalue weighted by Gasteiger charge is -2.24. The van der Waals surface area contributed by atoms with Crippen molar-refractivity contribution in [3.05, 3.63) is 35.4 Å². The third kappa shape index (κ3) is 3.82. The third-order valence-electron chi connectivity index (χ3n) is 3.64. The van der Waals surface area contributed by atoms with Gasteiger partial charge in [0.25, 0.3) is 0 Å². The number of carbonyl (C=O) groups excluding carboxylic acids is 1. The summed E-state index contributed by atoms with van der Waals surface area (Å²) in [5.41, 5.74) is 2.19. The molecule has 0 aromatic heterocycles. The Morgan fingerprint density at radius 1 is 1.26 bits per heavy atom. The summed E-state index contributed by atoms with van der Waals surface area (Å²) in [7, 11) is 0. The zero-order valence-corrected chi connectivity index (χ0v) is 10.7. The minimum Gasteiger partial charge on any atom is -0.299 e. The minimum atomic E-state index is -4.16. The number of hydrogen-bond donors (Lipinski definition) is 0. The Labute approximate surface area is 110 Å². The number of aryl methyl sites for hydroxylation is 1. The topological polar surface area (TPSA) is 17.1 Å². The second-order valence-corrected chi connectivity index (χ2v) is 5.08. The zero-order chi connectivity index (χ0) is 13.9. The maximum atomic E-state index is 12.1. The van der Waals surface area contributed by atoms with Crippen molar-refractivity contribution < 1.29 is 18.0 Å². The number of ketones is 1. The van der Waals surface area contributed by atoms with Crippen LogP contribution in [0.2, 0.25) is 0 Å². The third-order valence-corrected chi connectivity index (χ3v) is 3.64. The van der Waals surface area contributed by atoms with Gasteiger partial charge in [-0.25, -0.2) is 0 Å². The Kier molecular flexibility index (Phi) is 4.27. The van der Waals surface area contributed by atoms with Gasteiger partial charge in [-0.15, -0.1) is 0 Å². The first-order chi connectivity index (χ1) is 8.97. The molecule has 0 saturated carbocycles. The average molecular weight is 270 g/mol. The molecule has 0 fully saturated rings. The number of rotatable bonds is 4. The smallest absolute Gasteiger partial charge is 0.299 e. The van der Waals surface area contributed by atoms with E-state index in [9.17, 15) is 18.0 Å². The maximum absolute atomic E-state index is 12.1. The predicted molar refractivity (Wildman–Crippen MR) is 67.0 cm³/mol. The minimum absolute atomic E-state index is 0.0263. The summed E-state index contributed by atoms with van der Waals surface area (Å²) in [5.74, 6) is -0.241. The summed E-state index contributed by atoms with van der Waals surface area (Å²) in [4.78, 5) is 12.1. The standard InChI is InChI=1S/C15H17F3O/c16-15(17,18)10-4-9-14(19)13-8-3-6-11-5-1-2-7-12(11)13/h1-2,5,7,13H,3-4,6,8-10H2. The molecule has 1 nitrogen and oxygen atoms in total. The van der Waals surface area contributed by atoms with Crippen molar-refractivity contribution in [1.82, 2.24) is 0 Å². The van der Waals surface area contributed by atoms with Crippen molar-refractivity contribution in [2.75, 3.05) is 0 Å². The largest absolute Gasteiger partial charge is 0.389 e. The summed E-state index contributed by atoms with van der Waals surface area (Å²) in [5, 5.41) is 0. The molecule has 4 heteroatoms. The van der Waals surface area contributed by atoms with Crippen molar-refractivity contribution in [2.24, 2.45) is 0 Å². The van der Waals surface area contributed by atoms with Crippen molar-refractivity contribution in [1.29, 1.82) is 0 Å². The van der Waals surface area contributed by atoms with Gasteiger partial charge in [-0.1, -0.05) is 24.3 Å². The van der Waals surface area contributed by atoms with Gasteiger partial charge in [-0.3, -0.25) is 4.79 Å². The summed E-state index contributed by atoms with van der Waals surface area (Å²) in [6.07, 6.45) is -2.44. The van der Waals surface area contributed by atoms with Crippen molar-refractivity contribution in [3.63, 3.8) is 0 Å². The van der Waals surface area contributed by atoms with Crippen LogP contribution in [0.5, 0.6) is 0 Å². The Morgan fingerprint density at radius 3 is 2.74 bits per heavy atom. The average Bonchev–Trinajstić information content (AvgIpc) is 2.36. The van der Waals surface area contributed by atoms with Crippen LogP contribution in [0.15, 0.2) is 24.3 Å². The van der Waals surface area contributed by atoms with Gasteiger partial charge in [0.2, 0.25) is 0 Å². The number of Topliss-reactive ketones (excluding diaryl/α,β-unsaturated/α-hetero) is 1. The van der Waals surface area contributed by atoms with Gasteiger partial charge in [0.15, 0.2) is 0 Å². The van der Waals surface area contributed by atoms with E-state index < -0.39 is 12.6 Å². The van der Waals surface area contributed by atoms with Crippen LogP contribution in [-0.4, -0.2) is 12.0 Å². The van der Waals surface area contributed by atoms with Gasteiger partial charge in [-0.2, -0.15) is 13.2 Å². The lowest BCUT2D eigenvalue weighted by atomic mass is 9.79. The SMILES string of the molecule is O=C(CCCC(F)(F)F)C1CCCc2ccccc21. The number of alkyl halides is 3. The number of benzene rings is 1. The molecule has 0 heterocycles. The molecular formula is C15H17F3O. The molecule has 104 valence electrons. The van der Waals surface area contributed by atoms with Crippen LogP contribution in [0.25, 0.3) is 0 Å². The quantitative estimate of drug-likeness (QED) is 0.792. The molecule has 1 aromatic carbocycles. The van der Waals surface area contributed by atoms with E-state index in [1.807, 2.05) is 24.3 Å². The molecule has 1 unspecified atom stereocenters. The summed E-state index contributed by atoms with van der Waals surface area (Å²) in [6.45, 7) is 0. The molecule has 19 heavy (non-hydrogen) atoms. The van der Waals surface area contributed by atoms with Crippen LogP contribution >= 0.6 is 0 Å². The molecule has 0 N–H and O–H groups in total. The molecule has 0 saturated heterocycles. The molecule has 1 atom stereocenters. The summed E-state index contributed by atoms with van der Waals surface area (Å²) in [6, 6.07) is 7.76. The predicted octanol–water partition coefficient (Wildman–Crippen LogP) is 4.41. The van der Waals surface area contributed by atoms with Crippen molar-refractivity contribution >= 4 is 5.78 Å². The second kappa shape index (κ2) is 5.76. The van der Waals surface area contributed by atoms with E-state index in [4.69, 9.17) is 0 Å². The summed E-state index contributed by atoms with van der Waals surface area (Å²) < 4.78 is 36.2. The van der Waals surface area contributed by atoms with E-state index in [0.29, 0.717) is 0 Å². The molecular weight excluding hydrogens is 253 g/mol. The molecule has 0 amide bonds. The fourth-order valence-corrected chi connectivity index (χ4v) is 2.73. The molecule has 1 aromatic rings. The molecule has 0 spiro atoms. The lowest BCUT2D eigenvalue weighted by molar-refractivity contribution is -0.137. The molecule has 1 aliphatic rings. The first-order valence-corrected chi connectivity index (χ1v) is 6.64. The first-order valence-electron chi connectivity index (χ1n) is 6.64. The van der Waals surface area contributed by atoms with E-state index in [1.54, 1.807) is 0 Å². The second-order valence-electron chi connectivity index (χ2n) is 5.08. The monoisotopic (exact) mass is 270 g/mol. The van der Waals surface area contributed by atoms with Crippen LogP contribution in [-0.2, 0) is 11.2 Å². The van der Waals surface area contributed by atoms with E-state index in [-0.39, 0.29) is 24.5 Å². The van der Waals surface area contributed by atoms with Gasteiger partial charge in [0.1, 0.15) is 5.78 Å². The molecule has 1 aliphatic carbocycles. The first kappa shape index (κ1) is 14.1. The Morgan fingerprint density at radius 2 is 2.00 bits per heavy atom. The molecule has 0 aliphatic heterocycles. The van der Waals surface area contributed by atoms with Crippen LogP contribution < -0.4 is 0 Å². The van der Waals surface area contributed by atoms with E-state index in [2.05, 4.69) is 0 Å². The van der Waals surface area contributed by atoms with Crippen LogP contribution in [0.1, 0.15) is 49.1 Å². The van der Waals surface area contributed by atoms with Gasteiger partial charge in [-0.05, 0) is 36.8 Å². The van der Waals surface area contributed by atoms with Gasteiger partial charge >= 0.3 is 6.18 Å². The van der Waals surface area contributed by atoms with E-state index >= 15 is 0 Å². The molecule has 0 bridgehead atoms. The van der Waals surface area contributed by atoms with Crippen LogP contribution in [0.3, 0.4) is 0 Å². The van der Waals surface area contributed by atoms with Gasteiger partial charge in [0.05, 0.1) is 0 Å².